The number of hydrogen-bond donors (Lipinski definition) is 0. The molecule has 2 aliphatic rings. The zero-order chi connectivity index (χ0) is 15.2. The minimum atomic E-state index is -0.406. The molecule has 1 saturated heterocycles. The topological polar surface area (TPSA) is 54.4 Å². The third-order valence-electron chi connectivity index (χ3n) is 4.32. The van der Waals surface area contributed by atoms with Crippen molar-refractivity contribution in [2.45, 2.75) is 32.3 Å². The summed E-state index contributed by atoms with van der Waals surface area (Å²) in [6.07, 6.45) is 2.50. The Balaban J connectivity index is 1.69. The molecular formula is C15H27N3O3. The predicted octanol–water partition coefficient (Wildman–Crippen LogP) is 0.968. The zero-order valence-electron chi connectivity index (χ0n) is 13.4. The van der Waals surface area contributed by atoms with Gasteiger partial charge >= 0.3 is 0 Å². The van der Waals surface area contributed by atoms with Crippen molar-refractivity contribution in [3.8, 4) is 0 Å². The molecule has 0 spiro atoms. The van der Waals surface area contributed by atoms with Crippen LogP contribution < -0.4 is 0 Å². The van der Waals surface area contributed by atoms with Crippen LogP contribution in [0.4, 0.5) is 0 Å². The third-order valence-corrected chi connectivity index (χ3v) is 4.32. The highest BCUT2D eigenvalue weighted by molar-refractivity contribution is 5.91. The Labute approximate surface area is 127 Å². The van der Waals surface area contributed by atoms with Gasteiger partial charge in [-0.15, -0.1) is 0 Å². The van der Waals surface area contributed by atoms with E-state index in [1.165, 1.54) is 0 Å². The van der Waals surface area contributed by atoms with Gasteiger partial charge in [-0.2, -0.15) is 0 Å². The fourth-order valence-electron chi connectivity index (χ4n) is 2.96. The molecule has 0 aliphatic carbocycles. The maximum absolute atomic E-state index is 12.3. The summed E-state index contributed by atoms with van der Waals surface area (Å²) in [7, 11) is 3.61. The molecule has 0 aromatic rings. The summed E-state index contributed by atoms with van der Waals surface area (Å²) in [5, 5.41) is 3.86. The van der Waals surface area contributed by atoms with E-state index in [1.54, 1.807) is 7.11 Å². The van der Waals surface area contributed by atoms with Crippen molar-refractivity contribution in [2.75, 3.05) is 46.9 Å². The Kier molecular flexibility index (Phi) is 5.99. The van der Waals surface area contributed by atoms with Gasteiger partial charge in [0.2, 0.25) is 6.10 Å². The van der Waals surface area contributed by atoms with Crippen LogP contribution >= 0.6 is 0 Å². The van der Waals surface area contributed by atoms with Gasteiger partial charge in [0.05, 0.1) is 12.3 Å². The Morgan fingerprint density at radius 1 is 1.48 bits per heavy atom. The third kappa shape index (κ3) is 4.68. The van der Waals surface area contributed by atoms with Crippen LogP contribution in [0.1, 0.15) is 26.2 Å². The van der Waals surface area contributed by atoms with E-state index in [4.69, 9.17) is 9.57 Å². The summed E-state index contributed by atoms with van der Waals surface area (Å²) < 4.78 is 5.11. The molecule has 1 amide bonds. The number of likely N-dealkylation sites (tertiary alicyclic amines) is 1. The van der Waals surface area contributed by atoms with Crippen molar-refractivity contribution < 1.29 is 14.4 Å². The van der Waals surface area contributed by atoms with Crippen molar-refractivity contribution in [2.24, 2.45) is 11.1 Å². The molecule has 2 heterocycles. The molecule has 1 unspecified atom stereocenters. The van der Waals surface area contributed by atoms with Crippen LogP contribution in [0.15, 0.2) is 5.16 Å². The Hall–Kier alpha value is -1.14. The molecule has 0 aromatic heterocycles. The highest BCUT2D eigenvalue weighted by Gasteiger charge is 2.30. The van der Waals surface area contributed by atoms with E-state index in [0.717, 1.165) is 51.3 Å². The van der Waals surface area contributed by atoms with Gasteiger partial charge in [-0.3, -0.25) is 4.79 Å². The molecule has 1 atom stereocenters. The van der Waals surface area contributed by atoms with Gasteiger partial charge in [0.1, 0.15) is 0 Å². The van der Waals surface area contributed by atoms with Gasteiger partial charge in [0.15, 0.2) is 0 Å². The summed E-state index contributed by atoms with van der Waals surface area (Å²) in [6.45, 7) is 6.70. The molecule has 0 bridgehead atoms. The smallest absolute Gasteiger partial charge is 0.266 e. The van der Waals surface area contributed by atoms with Crippen LogP contribution in [0, 0.1) is 5.92 Å². The molecule has 120 valence electrons. The monoisotopic (exact) mass is 297 g/mol. The fourth-order valence-corrected chi connectivity index (χ4v) is 2.96. The maximum Gasteiger partial charge on any atom is 0.266 e. The Bertz CT molecular complexity index is 378. The molecule has 0 N–H and O–H groups in total. The molecule has 2 aliphatic heterocycles. The van der Waals surface area contributed by atoms with Crippen molar-refractivity contribution in [1.29, 1.82) is 0 Å². The summed E-state index contributed by atoms with van der Waals surface area (Å²) in [6, 6.07) is 0. The van der Waals surface area contributed by atoms with Crippen LogP contribution in [0.25, 0.3) is 0 Å². The van der Waals surface area contributed by atoms with E-state index in [0.29, 0.717) is 12.3 Å². The summed E-state index contributed by atoms with van der Waals surface area (Å²) in [4.78, 5) is 21.7. The molecule has 0 radical (unpaired) electrons. The number of likely N-dealkylation sites (N-methyl/N-ethyl adjacent to an activating group) is 1. The molecule has 21 heavy (non-hydrogen) atoms. The number of hydrogen-bond acceptors (Lipinski definition) is 5. The summed E-state index contributed by atoms with van der Waals surface area (Å²) >= 11 is 0. The molecule has 0 aromatic carbocycles. The quantitative estimate of drug-likeness (QED) is 0.733. The number of ether oxygens (including phenoxy) is 1. The van der Waals surface area contributed by atoms with E-state index in [2.05, 4.69) is 10.1 Å². The number of rotatable bonds is 6. The molecule has 2 rings (SSSR count). The first-order chi connectivity index (χ1) is 10.1. The second-order valence-corrected chi connectivity index (χ2v) is 6.12. The van der Waals surface area contributed by atoms with Gasteiger partial charge in [0, 0.05) is 33.7 Å². The normalized spacial score (nSPS) is 23.8. The van der Waals surface area contributed by atoms with Gasteiger partial charge in [-0.25, -0.2) is 0 Å². The average Bonchev–Trinajstić information content (AvgIpc) is 2.92. The van der Waals surface area contributed by atoms with Crippen LogP contribution in [-0.2, 0) is 14.4 Å². The van der Waals surface area contributed by atoms with Crippen LogP contribution in [-0.4, -0.2) is 74.5 Å². The summed E-state index contributed by atoms with van der Waals surface area (Å²) in [5.74, 6) is 0.638. The number of oxime groups is 1. The number of nitrogens with zero attached hydrogens (tertiary/aromatic N) is 3. The fraction of sp³-hybridized carbons (Fsp3) is 0.867. The van der Waals surface area contributed by atoms with Crippen LogP contribution in [0.3, 0.4) is 0 Å². The molecule has 6 nitrogen and oxygen atoms in total. The van der Waals surface area contributed by atoms with Crippen LogP contribution in [0.2, 0.25) is 0 Å². The molecule has 0 saturated carbocycles. The van der Waals surface area contributed by atoms with Crippen LogP contribution in [0.5, 0.6) is 0 Å². The van der Waals surface area contributed by atoms with E-state index in [-0.39, 0.29) is 5.91 Å². The van der Waals surface area contributed by atoms with Crippen molar-refractivity contribution in [3.05, 3.63) is 0 Å². The van der Waals surface area contributed by atoms with E-state index in [1.807, 2.05) is 18.9 Å². The minimum absolute atomic E-state index is 0.0532. The van der Waals surface area contributed by atoms with Gasteiger partial charge in [-0.1, -0.05) is 5.16 Å². The number of amides is 1. The highest BCUT2D eigenvalue weighted by atomic mass is 16.6. The lowest BCUT2D eigenvalue weighted by atomic mass is 9.96. The highest BCUT2D eigenvalue weighted by Crippen LogP contribution is 2.19. The number of carbonyl (C=O) groups is 1. The first kappa shape index (κ1) is 16.2. The second-order valence-electron chi connectivity index (χ2n) is 6.12. The van der Waals surface area contributed by atoms with Crippen molar-refractivity contribution in [1.82, 2.24) is 9.80 Å². The first-order valence-corrected chi connectivity index (χ1v) is 7.75. The average molecular weight is 297 g/mol. The first-order valence-electron chi connectivity index (χ1n) is 7.75. The van der Waals surface area contributed by atoms with Gasteiger partial charge in [-0.05, 0) is 38.8 Å². The lowest BCUT2D eigenvalue weighted by Gasteiger charge is -2.34. The predicted molar refractivity (Wildman–Crippen MR) is 81.3 cm³/mol. The molecule has 6 heteroatoms. The van der Waals surface area contributed by atoms with Crippen molar-refractivity contribution >= 4 is 11.6 Å². The second kappa shape index (κ2) is 7.75. The molecular weight excluding hydrogens is 270 g/mol. The Morgan fingerprint density at radius 2 is 2.19 bits per heavy atom. The molecule has 1 fully saturated rings. The summed E-state index contributed by atoms with van der Waals surface area (Å²) in [5.41, 5.74) is 0.896. The largest absolute Gasteiger partial charge is 0.383 e. The zero-order valence-corrected chi connectivity index (χ0v) is 13.4. The Morgan fingerprint density at radius 3 is 2.76 bits per heavy atom. The number of methoxy groups -OCH3 is 1. The van der Waals surface area contributed by atoms with E-state index >= 15 is 0 Å². The maximum atomic E-state index is 12.3. The number of carbonyl (C=O) groups excluding carboxylic acids is 1. The van der Waals surface area contributed by atoms with Gasteiger partial charge < -0.3 is 19.4 Å². The van der Waals surface area contributed by atoms with E-state index < -0.39 is 6.10 Å². The minimum Gasteiger partial charge on any atom is -0.383 e. The van der Waals surface area contributed by atoms with Gasteiger partial charge in [0.25, 0.3) is 5.91 Å². The van der Waals surface area contributed by atoms with Crippen molar-refractivity contribution in [3.63, 3.8) is 0 Å². The van der Waals surface area contributed by atoms with E-state index in [9.17, 15) is 4.79 Å². The standard InChI is InChI=1S/C15H27N3O3/c1-12-10-14(21-16-12)15(19)17(2)11-13-4-6-18(7-5-13)8-9-20-3/h13-14H,4-11H2,1-3H3. The lowest BCUT2D eigenvalue weighted by Crippen LogP contribution is -2.43. The SMILES string of the molecule is COCCN1CCC(CN(C)C(=O)C2CC(C)=NO2)CC1. The number of piperidine rings is 1. The lowest BCUT2D eigenvalue weighted by molar-refractivity contribution is -0.141.